The van der Waals surface area contributed by atoms with E-state index in [1.54, 1.807) is 12.1 Å². The van der Waals surface area contributed by atoms with Crippen molar-refractivity contribution in [1.29, 1.82) is 0 Å². The van der Waals surface area contributed by atoms with Crippen molar-refractivity contribution in [2.24, 2.45) is 11.6 Å². The zero-order valence-electron chi connectivity index (χ0n) is 11.2. The molecule has 0 aliphatic rings. The van der Waals surface area contributed by atoms with Gasteiger partial charge in [0.05, 0.1) is 6.54 Å². The first kappa shape index (κ1) is 15.1. The van der Waals surface area contributed by atoms with Gasteiger partial charge in [0.25, 0.3) is 5.91 Å². The number of hydrogen-bond donors (Lipinski definition) is 3. The zero-order chi connectivity index (χ0) is 14.4. The number of benzene rings is 1. The van der Waals surface area contributed by atoms with Crippen molar-refractivity contribution in [1.82, 2.24) is 10.3 Å². The number of carbonyl (C=O) groups is 2. The summed E-state index contributed by atoms with van der Waals surface area (Å²) in [5.41, 5.74) is 8.80. The van der Waals surface area contributed by atoms with Crippen molar-refractivity contribution in [2.75, 3.05) is 6.54 Å². The van der Waals surface area contributed by atoms with E-state index in [-0.39, 0.29) is 24.4 Å². The summed E-state index contributed by atoms with van der Waals surface area (Å²) in [6.45, 7) is 4.81. The predicted molar refractivity (Wildman–Crippen MR) is 72.8 cm³/mol. The molecule has 0 heterocycles. The molecule has 0 spiro atoms. The van der Waals surface area contributed by atoms with Crippen LogP contribution in [-0.2, 0) is 11.3 Å². The molecule has 0 aliphatic carbocycles. The molecule has 5 N–H and O–H groups in total. The van der Waals surface area contributed by atoms with Crippen LogP contribution in [0.5, 0.6) is 0 Å². The fraction of sp³-hybridized carbons (Fsp3) is 0.385. The minimum absolute atomic E-state index is 0.208. The lowest BCUT2D eigenvalue weighted by Crippen LogP contribution is -2.38. The van der Waals surface area contributed by atoms with Gasteiger partial charge in [0, 0.05) is 18.2 Å². The SMILES string of the molecule is CC(C)N(CC(N)=O)Cc1ccc(C(=O)NN)cc1. The molecule has 19 heavy (non-hydrogen) atoms. The summed E-state index contributed by atoms with van der Waals surface area (Å²) in [6.07, 6.45) is 0. The van der Waals surface area contributed by atoms with Crippen molar-refractivity contribution in [3.8, 4) is 0 Å². The Hall–Kier alpha value is -1.92. The molecule has 0 bridgehead atoms. The number of nitrogens with two attached hydrogens (primary N) is 2. The molecule has 6 nitrogen and oxygen atoms in total. The predicted octanol–water partition coefficient (Wildman–Crippen LogP) is -0.0142. The van der Waals surface area contributed by atoms with Gasteiger partial charge in [-0.15, -0.1) is 0 Å². The molecule has 0 atom stereocenters. The molecule has 0 aliphatic heterocycles. The van der Waals surface area contributed by atoms with Gasteiger partial charge in [-0.05, 0) is 31.5 Å². The van der Waals surface area contributed by atoms with Crippen LogP contribution in [0.15, 0.2) is 24.3 Å². The molecule has 2 amide bonds. The van der Waals surface area contributed by atoms with Gasteiger partial charge in [-0.25, -0.2) is 5.84 Å². The topological polar surface area (TPSA) is 101 Å². The Labute approximate surface area is 112 Å². The van der Waals surface area contributed by atoms with Crippen molar-refractivity contribution in [3.05, 3.63) is 35.4 Å². The van der Waals surface area contributed by atoms with Crippen molar-refractivity contribution < 1.29 is 9.59 Å². The van der Waals surface area contributed by atoms with Crippen molar-refractivity contribution in [2.45, 2.75) is 26.4 Å². The van der Waals surface area contributed by atoms with Crippen molar-refractivity contribution in [3.63, 3.8) is 0 Å². The summed E-state index contributed by atoms with van der Waals surface area (Å²) in [4.78, 5) is 24.3. The average Bonchev–Trinajstić information content (AvgIpc) is 2.37. The first-order valence-electron chi connectivity index (χ1n) is 6.06. The summed E-state index contributed by atoms with van der Waals surface area (Å²) in [5, 5.41) is 0. The second-order valence-corrected chi connectivity index (χ2v) is 4.64. The third-order valence-electron chi connectivity index (χ3n) is 2.82. The standard InChI is InChI=1S/C13H20N4O2/c1-9(2)17(8-12(14)18)7-10-3-5-11(6-4-10)13(19)16-15/h3-6,9H,7-8,15H2,1-2H3,(H2,14,18)(H,16,19). The van der Waals surface area contributed by atoms with Crippen LogP contribution in [-0.4, -0.2) is 29.3 Å². The summed E-state index contributed by atoms with van der Waals surface area (Å²) in [6, 6.07) is 7.27. The van der Waals surface area contributed by atoms with E-state index in [1.165, 1.54) is 0 Å². The second kappa shape index (κ2) is 6.86. The van der Waals surface area contributed by atoms with Crippen LogP contribution < -0.4 is 17.0 Å². The number of carbonyl (C=O) groups excluding carboxylic acids is 2. The quantitative estimate of drug-likeness (QED) is 0.382. The molecule has 104 valence electrons. The fourth-order valence-corrected chi connectivity index (χ4v) is 1.70. The van der Waals surface area contributed by atoms with E-state index in [0.29, 0.717) is 12.1 Å². The number of hydrazine groups is 1. The maximum Gasteiger partial charge on any atom is 0.265 e. The van der Waals surface area contributed by atoms with Crippen LogP contribution in [0.25, 0.3) is 0 Å². The highest BCUT2D eigenvalue weighted by Crippen LogP contribution is 2.09. The van der Waals surface area contributed by atoms with Crippen LogP contribution in [0, 0.1) is 0 Å². The van der Waals surface area contributed by atoms with Gasteiger partial charge in [0.15, 0.2) is 0 Å². The Morgan fingerprint density at radius 1 is 1.26 bits per heavy atom. The smallest absolute Gasteiger partial charge is 0.265 e. The van der Waals surface area contributed by atoms with E-state index in [0.717, 1.165) is 5.56 Å². The van der Waals surface area contributed by atoms with E-state index in [9.17, 15) is 9.59 Å². The van der Waals surface area contributed by atoms with Gasteiger partial charge in [0.1, 0.15) is 0 Å². The van der Waals surface area contributed by atoms with E-state index in [2.05, 4.69) is 5.43 Å². The van der Waals surface area contributed by atoms with Crippen molar-refractivity contribution >= 4 is 11.8 Å². The third-order valence-corrected chi connectivity index (χ3v) is 2.82. The van der Waals surface area contributed by atoms with Crippen LogP contribution in [0.4, 0.5) is 0 Å². The number of hydrogen-bond acceptors (Lipinski definition) is 4. The van der Waals surface area contributed by atoms with Crippen LogP contribution >= 0.6 is 0 Å². The maximum absolute atomic E-state index is 11.3. The maximum atomic E-state index is 11.3. The van der Waals surface area contributed by atoms with E-state index in [1.807, 2.05) is 30.9 Å². The lowest BCUT2D eigenvalue weighted by atomic mass is 10.1. The van der Waals surface area contributed by atoms with Crippen LogP contribution in [0.2, 0.25) is 0 Å². The van der Waals surface area contributed by atoms with E-state index >= 15 is 0 Å². The number of nitrogens with zero attached hydrogens (tertiary/aromatic N) is 1. The van der Waals surface area contributed by atoms with Gasteiger partial charge in [-0.3, -0.25) is 19.9 Å². The molecular formula is C13H20N4O2. The Kier molecular flexibility index (Phi) is 5.47. The third kappa shape index (κ3) is 4.69. The molecule has 0 saturated carbocycles. The molecule has 0 radical (unpaired) electrons. The van der Waals surface area contributed by atoms with Gasteiger partial charge >= 0.3 is 0 Å². The molecule has 1 rings (SSSR count). The minimum Gasteiger partial charge on any atom is -0.369 e. The van der Waals surface area contributed by atoms with Gasteiger partial charge in [0.2, 0.25) is 5.91 Å². The summed E-state index contributed by atoms with van der Waals surface area (Å²) in [7, 11) is 0. The van der Waals surface area contributed by atoms with Crippen LogP contribution in [0.3, 0.4) is 0 Å². The number of amides is 2. The Balaban J connectivity index is 2.74. The molecule has 0 fully saturated rings. The summed E-state index contributed by atoms with van der Waals surface area (Å²) in [5.74, 6) is 4.38. The monoisotopic (exact) mass is 264 g/mol. The molecule has 0 saturated heterocycles. The number of nitrogens with one attached hydrogen (secondary N) is 1. The highest BCUT2D eigenvalue weighted by atomic mass is 16.2. The number of primary amides is 1. The van der Waals surface area contributed by atoms with Gasteiger partial charge in [-0.2, -0.15) is 0 Å². The Bertz CT molecular complexity index is 442. The van der Waals surface area contributed by atoms with E-state index < -0.39 is 0 Å². The first-order chi connectivity index (χ1) is 8.93. The molecule has 0 aromatic heterocycles. The number of rotatable bonds is 6. The minimum atomic E-state index is -0.354. The molecule has 6 heteroatoms. The lowest BCUT2D eigenvalue weighted by Gasteiger charge is -2.25. The summed E-state index contributed by atoms with van der Waals surface area (Å²) >= 11 is 0. The average molecular weight is 264 g/mol. The zero-order valence-corrected chi connectivity index (χ0v) is 11.2. The second-order valence-electron chi connectivity index (χ2n) is 4.64. The first-order valence-corrected chi connectivity index (χ1v) is 6.06. The van der Waals surface area contributed by atoms with Crippen LogP contribution in [0.1, 0.15) is 29.8 Å². The fourth-order valence-electron chi connectivity index (χ4n) is 1.70. The normalized spacial score (nSPS) is 10.8. The summed E-state index contributed by atoms with van der Waals surface area (Å²) < 4.78 is 0. The number of nitrogen functional groups attached to an aromatic ring is 1. The largest absolute Gasteiger partial charge is 0.369 e. The highest BCUT2D eigenvalue weighted by Gasteiger charge is 2.13. The molecular weight excluding hydrogens is 244 g/mol. The molecule has 0 unspecified atom stereocenters. The Morgan fingerprint density at radius 3 is 2.26 bits per heavy atom. The lowest BCUT2D eigenvalue weighted by molar-refractivity contribution is -0.119. The molecule has 1 aromatic rings. The van der Waals surface area contributed by atoms with E-state index in [4.69, 9.17) is 11.6 Å². The Morgan fingerprint density at radius 2 is 1.84 bits per heavy atom. The van der Waals surface area contributed by atoms with Gasteiger partial charge in [-0.1, -0.05) is 12.1 Å². The molecule has 1 aromatic carbocycles. The highest BCUT2D eigenvalue weighted by molar-refractivity contribution is 5.93. The van der Waals surface area contributed by atoms with Gasteiger partial charge < -0.3 is 5.73 Å².